The van der Waals surface area contributed by atoms with Crippen LogP contribution in [0, 0.1) is 10.1 Å². The number of non-ortho nitro benzene ring substituents is 1. The van der Waals surface area contributed by atoms with Crippen LogP contribution in [0.4, 0.5) is 5.69 Å². The monoisotopic (exact) mass is 183 g/mol. The van der Waals surface area contributed by atoms with Gasteiger partial charge in [0.15, 0.2) is 0 Å². The van der Waals surface area contributed by atoms with E-state index in [0.29, 0.717) is 0 Å². The number of hydrogen-bond donors (Lipinski definition) is 1. The molecule has 0 saturated heterocycles. The number of thiol groups is 1. The standard InChI is InChI=1S/C8H9NO2S/c1-2-6-5-7(9(10)11)3-4-8(6)12/h3-5,12H,2H2,1H3. The first-order chi connectivity index (χ1) is 5.65. The Bertz CT molecular complexity index is 312. The molecule has 0 unspecified atom stereocenters. The predicted molar refractivity (Wildman–Crippen MR) is 49.7 cm³/mol. The van der Waals surface area contributed by atoms with Crippen molar-refractivity contribution in [2.45, 2.75) is 18.2 Å². The molecule has 0 aromatic heterocycles. The molecule has 0 aliphatic carbocycles. The van der Waals surface area contributed by atoms with Crippen molar-refractivity contribution in [1.82, 2.24) is 0 Å². The number of rotatable bonds is 2. The van der Waals surface area contributed by atoms with Crippen LogP contribution < -0.4 is 0 Å². The summed E-state index contributed by atoms with van der Waals surface area (Å²) in [6, 6.07) is 4.67. The van der Waals surface area contributed by atoms with E-state index >= 15 is 0 Å². The summed E-state index contributed by atoms with van der Waals surface area (Å²) >= 11 is 4.17. The minimum Gasteiger partial charge on any atom is -0.258 e. The van der Waals surface area contributed by atoms with Gasteiger partial charge in [0.2, 0.25) is 0 Å². The Morgan fingerprint density at radius 3 is 2.75 bits per heavy atom. The lowest BCUT2D eigenvalue weighted by molar-refractivity contribution is -0.385. The van der Waals surface area contributed by atoms with Crippen molar-refractivity contribution < 1.29 is 4.92 Å². The Morgan fingerprint density at radius 1 is 1.58 bits per heavy atom. The summed E-state index contributed by atoms with van der Waals surface area (Å²) in [6.07, 6.45) is 0.764. The molecule has 0 radical (unpaired) electrons. The summed E-state index contributed by atoms with van der Waals surface area (Å²) in [7, 11) is 0. The molecular weight excluding hydrogens is 174 g/mol. The lowest BCUT2D eigenvalue weighted by Crippen LogP contribution is -1.90. The van der Waals surface area contributed by atoms with Crippen LogP contribution in [0.3, 0.4) is 0 Å². The third kappa shape index (κ3) is 1.76. The van der Waals surface area contributed by atoms with E-state index in [-0.39, 0.29) is 5.69 Å². The van der Waals surface area contributed by atoms with Crippen LogP contribution in [-0.2, 0) is 6.42 Å². The van der Waals surface area contributed by atoms with E-state index in [2.05, 4.69) is 12.6 Å². The molecule has 64 valence electrons. The fourth-order valence-corrected chi connectivity index (χ4v) is 1.27. The first kappa shape index (κ1) is 9.06. The van der Waals surface area contributed by atoms with Crippen molar-refractivity contribution in [3.05, 3.63) is 33.9 Å². The van der Waals surface area contributed by atoms with Gasteiger partial charge in [-0.2, -0.15) is 0 Å². The molecule has 0 heterocycles. The average molecular weight is 183 g/mol. The molecule has 0 aliphatic heterocycles. The maximum Gasteiger partial charge on any atom is 0.269 e. The highest BCUT2D eigenvalue weighted by Crippen LogP contribution is 2.20. The third-order valence-corrected chi connectivity index (χ3v) is 2.09. The van der Waals surface area contributed by atoms with E-state index in [4.69, 9.17) is 0 Å². The van der Waals surface area contributed by atoms with Crippen LogP contribution in [-0.4, -0.2) is 4.92 Å². The molecule has 0 saturated carbocycles. The van der Waals surface area contributed by atoms with Gasteiger partial charge in [0, 0.05) is 17.0 Å². The Hall–Kier alpha value is -1.03. The van der Waals surface area contributed by atoms with E-state index in [1.807, 2.05) is 6.92 Å². The molecule has 1 aromatic rings. The largest absolute Gasteiger partial charge is 0.269 e. The van der Waals surface area contributed by atoms with Crippen LogP contribution in [0.15, 0.2) is 23.1 Å². The number of nitrogens with zero attached hydrogens (tertiary/aromatic N) is 1. The molecule has 0 aliphatic rings. The Labute approximate surface area is 76.0 Å². The second-order valence-corrected chi connectivity index (χ2v) is 2.91. The normalized spacial score (nSPS) is 9.83. The SMILES string of the molecule is CCc1cc([N+](=O)[O-])ccc1S. The van der Waals surface area contributed by atoms with Gasteiger partial charge in [-0.05, 0) is 18.1 Å². The average Bonchev–Trinajstić information content (AvgIpc) is 2.05. The molecule has 0 N–H and O–H groups in total. The molecule has 3 nitrogen and oxygen atoms in total. The summed E-state index contributed by atoms with van der Waals surface area (Å²) in [6.45, 7) is 1.94. The van der Waals surface area contributed by atoms with Gasteiger partial charge in [0.1, 0.15) is 0 Å². The number of nitro groups is 1. The second kappa shape index (κ2) is 3.58. The minimum atomic E-state index is -0.396. The third-order valence-electron chi connectivity index (χ3n) is 1.65. The number of nitro benzene ring substituents is 1. The fourth-order valence-electron chi connectivity index (χ4n) is 0.969. The number of benzene rings is 1. The molecule has 0 amide bonds. The zero-order valence-corrected chi connectivity index (χ0v) is 7.54. The Morgan fingerprint density at radius 2 is 2.25 bits per heavy atom. The van der Waals surface area contributed by atoms with Gasteiger partial charge in [-0.3, -0.25) is 10.1 Å². The van der Waals surface area contributed by atoms with E-state index in [1.54, 1.807) is 12.1 Å². The van der Waals surface area contributed by atoms with Crippen molar-refractivity contribution in [2.75, 3.05) is 0 Å². The van der Waals surface area contributed by atoms with Crippen LogP contribution >= 0.6 is 12.6 Å². The lowest BCUT2D eigenvalue weighted by Gasteiger charge is -1.99. The maximum absolute atomic E-state index is 10.4. The van der Waals surface area contributed by atoms with Gasteiger partial charge in [-0.25, -0.2) is 0 Å². The van der Waals surface area contributed by atoms with Crippen molar-refractivity contribution in [1.29, 1.82) is 0 Å². The predicted octanol–water partition coefficient (Wildman–Crippen LogP) is 2.45. The van der Waals surface area contributed by atoms with Crippen LogP contribution in [0.1, 0.15) is 12.5 Å². The van der Waals surface area contributed by atoms with Crippen molar-refractivity contribution in [2.24, 2.45) is 0 Å². The molecular formula is C8H9NO2S. The van der Waals surface area contributed by atoms with E-state index < -0.39 is 4.92 Å². The highest BCUT2D eigenvalue weighted by Gasteiger charge is 2.06. The van der Waals surface area contributed by atoms with Crippen LogP contribution in [0.5, 0.6) is 0 Å². The zero-order valence-electron chi connectivity index (χ0n) is 6.65. The summed E-state index contributed by atoms with van der Waals surface area (Å²) in [5.41, 5.74) is 1.04. The molecule has 4 heteroatoms. The van der Waals surface area contributed by atoms with Crippen LogP contribution in [0.25, 0.3) is 0 Å². The summed E-state index contributed by atoms with van der Waals surface area (Å²) < 4.78 is 0. The van der Waals surface area contributed by atoms with Crippen LogP contribution in [0.2, 0.25) is 0 Å². The maximum atomic E-state index is 10.4. The molecule has 1 rings (SSSR count). The molecule has 0 spiro atoms. The molecule has 1 aromatic carbocycles. The van der Waals surface area contributed by atoms with Gasteiger partial charge >= 0.3 is 0 Å². The van der Waals surface area contributed by atoms with Gasteiger partial charge in [-0.1, -0.05) is 6.92 Å². The van der Waals surface area contributed by atoms with E-state index in [0.717, 1.165) is 16.9 Å². The fraction of sp³-hybridized carbons (Fsp3) is 0.250. The summed E-state index contributed by atoms with van der Waals surface area (Å²) in [5.74, 6) is 0. The highest BCUT2D eigenvalue weighted by molar-refractivity contribution is 7.80. The summed E-state index contributed by atoms with van der Waals surface area (Å²) in [4.78, 5) is 10.8. The van der Waals surface area contributed by atoms with Gasteiger partial charge < -0.3 is 0 Å². The summed E-state index contributed by atoms with van der Waals surface area (Å²) in [5, 5.41) is 10.4. The highest BCUT2D eigenvalue weighted by atomic mass is 32.1. The first-order valence-corrected chi connectivity index (χ1v) is 4.06. The van der Waals surface area contributed by atoms with E-state index in [1.165, 1.54) is 6.07 Å². The number of aryl methyl sites for hydroxylation is 1. The topological polar surface area (TPSA) is 43.1 Å². The lowest BCUT2D eigenvalue weighted by atomic mass is 10.1. The second-order valence-electron chi connectivity index (χ2n) is 2.42. The molecule has 12 heavy (non-hydrogen) atoms. The van der Waals surface area contributed by atoms with Gasteiger partial charge in [0.25, 0.3) is 5.69 Å². The zero-order chi connectivity index (χ0) is 9.14. The Kier molecular flexibility index (Phi) is 2.70. The molecule has 0 bridgehead atoms. The number of hydrogen-bond acceptors (Lipinski definition) is 3. The van der Waals surface area contributed by atoms with Gasteiger partial charge in [0.05, 0.1) is 4.92 Å². The molecule has 0 fully saturated rings. The van der Waals surface area contributed by atoms with E-state index in [9.17, 15) is 10.1 Å². The van der Waals surface area contributed by atoms with Crippen molar-refractivity contribution in [3.8, 4) is 0 Å². The van der Waals surface area contributed by atoms with Gasteiger partial charge in [-0.15, -0.1) is 12.6 Å². The molecule has 0 atom stereocenters. The Balaban J connectivity index is 3.13. The minimum absolute atomic E-state index is 0.129. The van der Waals surface area contributed by atoms with Crippen molar-refractivity contribution >= 4 is 18.3 Å². The quantitative estimate of drug-likeness (QED) is 0.434. The first-order valence-electron chi connectivity index (χ1n) is 3.61. The van der Waals surface area contributed by atoms with Crippen molar-refractivity contribution in [3.63, 3.8) is 0 Å². The smallest absolute Gasteiger partial charge is 0.258 e.